The van der Waals surface area contributed by atoms with Crippen LogP contribution < -0.4 is 10.1 Å². The van der Waals surface area contributed by atoms with Gasteiger partial charge in [0.2, 0.25) is 0 Å². The minimum atomic E-state index is -0.235. The van der Waals surface area contributed by atoms with Crippen LogP contribution in [0.2, 0.25) is 4.34 Å². The fourth-order valence-electron chi connectivity index (χ4n) is 2.18. The zero-order valence-electron chi connectivity index (χ0n) is 11.9. The van der Waals surface area contributed by atoms with Crippen LogP contribution >= 0.6 is 22.9 Å². The first kappa shape index (κ1) is 14.9. The van der Waals surface area contributed by atoms with Gasteiger partial charge in [0, 0.05) is 16.8 Å². The van der Waals surface area contributed by atoms with E-state index in [9.17, 15) is 4.79 Å². The molecule has 6 heteroatoms. The van der Waals surface area contributed by atoms with E-state index in [1.54, 1.807) is 19.2 Å². The largest absolute Gasteiger partial charge is 0.493 e. The number of ether oxygens (including phenoxy) is 1. The molecule has 0 bridgehead atoms. The topological polar surface area (TPSA) is 51.5 Å². The summed E-state index contributed by atoms with van der Waals surface area (Å²) in [5, 5.41) is 3.69. The Morgan fingerprint density at radius 3 is 2.95 bits per heavy atom. The van der Waals surface area contributed by atoms with Gasteiger partial charge in [-0.25, -0.2) is 0 Å². The number of thiophene rings is 1. The molecule has 1 amide bonds. The highest BCUT2D eigenvalue weighted by atomic mass is 35.5. The lowest BCUT2D eigenvalue weighted by molar-refractivity contribution is 0.0928. The molecule has 3 aromatic rings. The van der Waals surface area contributed by atoms with Crippen LogP contribution in [0.1, 0.15) is 15.4 Å². The summed E-state index contributed by atoms with van der Waals surface area (Å²) in [6.07, 6.45) is 0.743. The van der Waals surface area contributed by atoms with Crippen molar-refractivity contribution in [3.05, 3.63) is 51.4 Å². The van der Waals surface area contributed by atoms with E-state index in [-0.39, 0.29) is 11.7 Å². The molecule has 4 nitrogen and oxygen atoms in total. The summed E-state index contributed by atoms with van der Waals surface area (Å²) in [4.78, 5) is 13.3. The Labute approximate surface area is 136 Å². The van der Waals surface area contributed by atoms with Gasteiger partial charge in [-0.3, -0.25) is 4.79 Å². The van der Waals surface area contributed by atoms with Gasteiger partial charge in [-0.1, -0.05) is 23.7 Å². The number of furan rings is 1. The molecule has 0 saturated carbocycles. The average molecular weight is 336 g/mol. The van der Waals surface area contributed by atoms with Crippen molar-refractivity contribution in [1.82, 2.24) is 5.32 Å². The summed E-state index contributed by atoms with van der Waals surface area (Å²) in [6, 6.07) is 11.1. The van der Waals surface area contributed by atoms with Gasteiger partial charge in [0.1, 0.15) is 0 Å². The highest BCUT2D eigenvalue weighted by molar-refractivity contribution is 7.16. The number of amides is 1. The third kappa shape index (κ3) is 3.10. The Kier molecular flexibility index (Phi) is 4.36. The Morgan fingerprint density at radius 1 is 1.36 bits per heavy atom. The van der Waals surface area contributed by atoms with Gasteiger partial charge < -0.3 is 14.5 Å². The molecule has 0 saturated heterocycles. The lowest BCUT2D eigenvalue weighted by atomic mass is 10.2. The van der Waals surface area contributed by atoms with E-state index < -0.39 is 0 Å². The number of carbonyl (C=O) groups excluding carboxylic acids is 1. The van der Waals surface area contributed by atoms with Gasteiger partial charge in [-0.2, -0.15) is 0 Å². The predicted molar refractivity (Wildman–Crippen MR) is 88.1 cm³/mol. The van der Waals surface area contributed by atoms with Crippen LogP contribution in [0.15, 0.2) is 40.8 Å². The molecule has 1 aromatic carbocycles. The number of rotatable bonds is 5. The third-order valence-corrected chi connectivity index (χ3v) is 4.53. The maximum absolute atomic E-state index is 12.1. The smallest absolute Gasteiger partial charge is 0.287 e. The van der Waals surface area contributed by atoms with Crippen LogP contribution in [0.25, 0.3) is 11.0 Å². The van der Waals surface area contributed by atoms with E-state index in [1.165, 1.54) is 11.3 Å². The molecule has 0 aliphatic heterocycles. The number of hydrogen-bond donors (Lipinski definition) is 1. The molecular formula is C16H14ClNO3S. The second-order valence-electron chi connectivity index (χ2n) is 4.70. The second-order valence-corrected chi connectivity index (χ2v) is 6.50. The number of hydrogen-bond acceptors (Lipinski definition) is 4. The maximum Gasteiger partial charge on any atom is 0.287 e. The Morgan fingerprint density at radius 2 is 2.23 bits per heavy atom. The first-order valence-corrected chi connectivity index (χ1v) is 7.96. The molecule has 114 valence electrons. The molecule has 22 heavy (non-hydrogen) atoms. The van der Waals surface area contributed by atoms with Crippen LogP contribution in [-0.2, 0) is 6.42 Å². The highest BCUT2D eigenvalue weighted by Gasteiger charge is 2.14. The molecule has 0 aliphatic carbocycles. The zero-order valence-corrected chi connectivity index (χ0v) is 13.5. The minimum Gasteiger partial charge on any atom is -0.493 e. The number of benzene rings is 1. The molecule has 2 aromatic heterocycles. The van der Waals surface area contributed by atoms with Crippen molar-refractivity contribution < 1.29 is 13.9 Å². The van der Waals surface area contributed by atoms with Gasteiger partial charge in [0.25, 0.3) is 5.91 Å². The van der Waals surface area contributed by atoms with Crippen molar-refractivity contribution in [1.29, 1.82) is 0 Å². The molecular weight excluding hydrogens is 322 g/mol. The van der Waals surface area contributed by atoms with Crippen molar-refractivity contribution in [2.45, 2.75) is 6.42 Å². The lowest BCUT2D eigenvalue weighted by Crippen LogP contribution is -2.24. The van der Waals surface area contributed by atoms with Gasteiger partial charge >= 0.3 is 0 Å². The van der Waals surface area contributed by atoms with Crippen LogP contribution in [0.5, 0.6) is 5.75 Å². The summed E-state index contributed by atoms with van der Waals surface area (Å²) in [5.41, 5.74) is 0.584. The second kappa shape index (κ2) is 6.42. The average Bonchev–Trinajstić information content (AvgIpc) is 3.12. The molecule has 0 radical (unpaired) electrons. The van der Waals surface area contributed by atoms with Gasteiger partial charge in [0.05, 0.1) is 11.4 Å². The van der Waals surface area contributed by atoms with Crippen molar-refractivity contribution in [3.63, 3.8) is 0 Å². The molecule has 0 atom stereocenters. The number of fused-ring (bicyclic) bond motifs is 1. The Balaban J connectivity index is 1.67. The number of para-hydroxylation sites is 1. The summed E-state index contributed by atoms with van der Waals surface area (Å²) in [5.74, 6) is 0.661. The quantitative estimate of drug-likeness (QED) is 0.762. The monoisotopic (exact) mass is 335 g/mol. The summed E-state index contributed by atoms with van der Waals surface area (Å²) in [7, 11) is 1.57. The molecule has 0 aliphatic rings. The van der Waals surface area contributed by atoms with Gasteiger partial charge in [-0.15, -0.1) is 11.3 Å². The molecule has 3 rings (SSSR count). The predicted octanol–water partition coefficient (Wildman–Crippen LogP) is 4.13. The number of methoxy groups -OCH3 is 1. The summed E-state index contributed by atoms with van der Waals surface area (Å²) in [6.45, 7) is 0.532. The van der Waals surface area contributed by atoms with Crippen LogP contribution in [0.4, 0.5) is 0 Å². The van der Waals surface area contributed by atoms with Crippen molar-refractivity contribution >= 4 is 39.8 Å². The SMILES string of the molecule is COc1cccc2cc(C(=O)NCCc3ccc(Cl)s3)oc12. The zero-order chi connectivity index (χ0) is 15.5. The van der Waals surface area contributed by atoms with Crippen LogP contribution in [0.3, 0.4) is 0 Å². The van der Waals surface area contributed by atoms with Crippen molar-refractivity contribution in [2.75, 3.05) is 13.7 Å². The lowest BCUT2D eigenvalue weighted by Gasteiger charge is -2.01. The standard InChI is InChI=1S/C16H14ClNO3S/c1-20-12-4-2-3-10-9-13(21-15(10)12)16(19)18-8-7-11-5-6-14(17)22-11/h2-6,9H,7-8H2,1H3,(H,18,19). The van der Waals surface area contributed by atoms with E-state index in [2.05, 4.69) is 5.32 Å². The van der Waals surface area contributed by atoms with Gasteiger partial charge in [-0.05, 0) is 30.7 Å². The van der Waals surface area contributed by atoms with E-state index >= 15 is 0 Å². The Bertz CT molecular complexity index is 809. The first-order valence-electron chi connectivity index (χ1n) is 6.76. The van der Waals surface area contributed by atoms with E-state index in [1.807, 2.05) is 24.3 Å². The fraction of sp³-hybridized carbons (Fsp3) is 0.188. The molecule has 2 heterocycles. The molecule has 0 spiro atoms. The number of halogens is 1. The molecule has 0 fully saturated rings. The summed E-state index contributed by atoms with van der Waals surface area (Å²) < 4.78 is 11.6. The third-order valence-electron chi connectivity index (χ3n) is 3.24. The van der Waals surface area contributed by atoms with Crippen LogP contribution in [0, 0.1) is 0 Å². The van der Waals surface area contributed by atoms with Crippen LogP contribution in [-0.4, -0.2) is 19.6 Å². The summed E-state index contributed by atoms with van der Waals surface area (Å²) >= 11 is 7.39. The molecule has 0 unspecified atom stereocenters. The number of carbonyl (C=O) groups is 1. The van der Waals surface area contributed by atoms with Crippen molar-refractivity contribution in [2.24, 2.45) is 0 Å². The Hall–Kier alpha value is -1.98. The highest BCUT2D eigenvalue weighted by Crippen LogP contribution is 2.28. The van der Waals surface area contributed by atoms with Crippen molar-refractivity contribution in [3.8, 4) is 5.75 Å². The minimum absolute atomic E-state index is 0.235. The van der Waals surface area contributed by atoms with Gasteiger partial charge in [0.15, 0.2) is 17.1 Å². The number of nitrogens with one attached hydrogen (secondary N) is 1. The molecule has 1 N–H and O–H groups in total. The first-order chi connectivity index (χ1) is 10.7. The van der Waals surface area contributed by atoms with E-state index in [0.717, 1.165) is 21.0 Å². The van der Waals surface area contributed by atoms with E-state index in [0.29, 0.717) is 17.9 Å². The normalized spacial score (nSPS) is 10.8. The fourth-order valence-corrected chi connectivity index (χ4v) is 3.27. The van der Waals surface area contributed by atoms with E-state index in [4.69, 9.17) is 20.8 Å². The maximum atomic E-state index is 12.1.